The molecule has 3 rings (SSSR count). The highest BCUT2D eigenvalue weighted by Gasteiger charge is 2.22. The van der Waals surface area contributed by atoms with E-state index in [2.05, 4.69) is 27.5 Å². The summed E-state index contributed by atoms with van der Waals surface area (Å²) in [5.74, 6) is 1.06. The van der Waals surface area contributed by atoms with Gasteiger partial charge in [0.25, 0.3) is 5.91 Å². The second-order valence-electron chi connectivity index (χ2n) is 4.63. The van der Waals surface area contributed by atoms with Gasteiger partial charge in [-0.3, -0.25) is 4.79 Å². The molecule has 0 saturated carbocycles. The maximum atomic E-state index is 11.7. The van der Waals surface area contributed by atoms with E-state index in [0.717, 1.165) is 22.6 Å². The molecule has 1 aliphatic heterocycles. The van der Waals surface area contributed by atoms with E-state index in [1.54, 1.807) is 12.3 Å². The number of amides is 1. The number of carbonyl (C=O) groups excluding carboxylic acids is 1. The van der Waals surface area contributed by atoms with E-state index < -0.39 is 0 Å². The molecular weight excluding hydrogens is 240 g/mol. The summed E-state index contributed by atoms with van der Waals surface area (Å²) in [5.41, 5.74) is 2.76. The minimum absolute atomic E-state index is 0.00156. The van der Waals surface area contributed by atoms with Crippen molar-refractivity contribution >= 4 is 17.4 Å². The first-order valence-electron chi connectivity index (χ1n) is 6.19. The number of aromatic nitrogens is 2. The quantitative estimate of drug-likeness (QED) is 0.861. The standard InChI is InChI=1S/C14H14N4O/c1-9-7-16-14(19)11-3-2-10(6-12(9)11)18-13-4-5-15-8-17-13/h2-6,8-9H,7H2,1H3,(H,16,19)(H,15,17,18). The molecule has 5 nitrogen and oxygen atoms in total. The number of benzene rings is 1. The summed E-state index contributed by atoms with van der Waals surface area (Å²) in [5, 5.41) is 6.08. The highest BCUT2D eigenvalue weighted by Crippen LogP contribution is 2.27. The molecule has 0 bridgehead atoms. The number of hydrogen-bond donors (Lipinski definition) is 2. The summed E-state index contributed by atoms with van der Waals surface area (Å²) in [6.07, 6.45) is 3.18. The first-order valence-corrected chi connectivity index (χ1v) is 6.19. The van der Waals surface area contributed by atoms with Crippen molar-refractivity contribution in [2.75, 3.05) is 11.9 Å². The summed E-state index contributed by atoms with van der Waals surface area (Å²) in [6, 6.07) is 7.55. The van der Waals surface area contributed by atoms with Gasteiger partial charge in [-0.15, -0.1) is 0 Å². The first kappa shape index (κ1) is 11.6. The Morgan fingerprint density at radius 2 is 2.26 bits per heavy atom. The molecule has 0 fully saturated rings. The van der Waals surface area contributed by atoms with Gasteiger partial charge in [0.1, 0.15) is 12.1 Å². The molecule has 0 spiro atoms. The van der Waals surface area contributed by atoms with E-state index in [4.69, 9.17) is 0 Å². The molecule has 96 valence electrons. The number of hydrogen-bond acceptors (Lipinski definition) is 4. The fourth-order valence-corrected chi connectivity index (χ4v) is 2.22. The molecule has 2 aromatic rings. The van der Waals surface area contributed by atoms with Crippen LogP contribution in [-0.4, -0.2) is 22.4 Å². The van der Waals surface area contributed by atoms with E-state index in [9.17, 15) is 4.79 Å². The van der Waals surface area contributed by atoms with Crippen LogP contribution in [0, 0.1) is 0 Å². The lowest BCUT2D eigenvalue weighted by Gasteiger charge is -2.23. The Hall–Kier alpha value is -2.43. The maximum absolute atomic E-state index is 11.7. The zero-order valence-corrected chi connectivity index (χ0v) is 10.6. The normalized spacial score (nSPS) is 17.5. The van der Waals surface area contributed by atoms with Crippen LogP contribution in [-0.2, 0) is 0 Å². The topological polar surface area (TPSA) is 66.9 Å². The van der Waals surface area contributed by atoms with Crippen LogP contribution >= 0.6 is 0 Å². The Bertz CT molecular complexity index is 612. The largest absolute Gasteiger partial charge is 0.351 e. The molecule has 19 heavy (non-hydrogen) atoms. The van der Waals surface area contributed by atoms with E-state index in [1.807, 2.05) is 18.2 Å². The van der Waals surface area contributed by atoms with Gasteiger partial charge in [-0.2, -0.15) is 0 Å². The van der Waals surface area contributed by atoms with Gasteiger partial charge < -0.3 is 10.6 Å². The third-order valence-corrected chi connectivity index (χ3v) is 3.25. The second kappa shape index (κ2) is 4.68. The minimum Gasteiger partial charge on any atom is -0.351 e. The summed E-state index contributed by atoms with van der Waals surface area (Å²) < 4.78 is 0. The van der Waals surface area contributed by atoms with Crippen LogP contribution in [0.15, 0.2) is 36.8 Å². The lowest BCUT2D eigenvalue weighted by atomic mass is 9.91. The van der Waals surface area contributed by atoms with Gasteiger partial charge in [0.2, 0.25) is 0 Å². The van der Waals surface area contributed by atoms with E-state index in [0.29, 0.717) is 12.5 Å². The molecule has 1 unspecified atom stereocenters. The minimum atomic E-state index is 0.00156. The van der Waals surface area contributed by atoms with Gasteiger partial charge in [0.15, 0.2) is 0 Å². The Labute approximate surface area is 111 Å². The number of nitrogens with zero attached hydrogens (tertiary/aromatic N) is 2. The predicted octanol–water partition coefficient (Wildman–Crippen LogP) is 2.07. The number of rotatable bonds is 2. The first-order chi connectivity index (χ1) is 9.24. The van der Waals surface area contributed by atoms with Crippen LogP contribution in [0.1, 0.15) is 28.8 Å². The Morgan fingerprint density at radius 3 is 3.05 bits per heavy atom. The fraction of sp³-hybridized carbons (Fsp3) is 0.214. The molecule has 0 saturated heterocycles. The van der Waals surface area contributed by atoms with Crippen molar-refractivity contribution in [3.05, 3.63) is 47.9 Å². The summed E-state index contributed by atoms with van der Waals surface area (Å²) in [4.78, 5) is 19.7. The van der Waals surface area contributed by atoms with Crippen molar-refractivity contribution in [1.82, 2.24) is 15.3 Å². The summed E-state index contributed by atoms with van der Waals surface area (Å²) >= 11 is 0. The molecule has 1 aromatic carbocycles. The van der Waals surface area contributed by atoms with E-state index in [-0.39, 0.29) is 5.91 Å². The number of nitrogens with one attached hydrogen (secondary N) is 2. The van der Waals surface area contributed by atoms with E-state index >= 15 is 0 Å². The van der Waals surface area contributed by atoms with Crippen molar-refractivity contribution in [1.29, 1.82) is 0 Å². The summed E-state index contributed by atoms with van der Waals surface area (Å²) in [7, 11) is 0. The highest BCUT2D eigenvalue weighted by molar-refractivity contribution is 5.97. The predicted molar refractivity (Wildman–Crippen MR) is 72.5 cm³/mol. The Morgan fingerprint density at radius 1 is 1.37 bits per heavy atom. The molecule has 1 amide bonds. The van der Waals surface area contributed by atoms with Crippen LogP contribution in [0.2, 0.25) is 0 Å². The average Bonchev–Trinajstić information content (AvgIpc) is 2.44. The average molecular weight is 254 g/mol. The van der Waals surface area contributed by atoms with Gasteiger partial charge in [-0.25, -0.2) is 9.97 Å². The van der Waals surface area contributed by atoms with Gasteiger partial charge in [-0.05, 0) is 35.7 Å². The van der Waals surface area contributed by atoms with Crippen LogP contribution in [0.3, 0.4) is 0 Å². The van der Waals surface area contributed by atoms with Crippen molar-refractivity contribution in [2.24, 2.45) is 0 Å². The van der Waals surface area contributed by atoms with Gasteiger partial charge in [0.05, 0.1) is 0 Å². The molecule has 1 aliphatic rings. The van der Waals surface area contributed by atoms with Crippen molar-refractivity contribution < 1.29 is 4.79 Å². The monoisotopic (exact) mass is 254 g/mol. The number of fused-ring (bicyclic) bond motifs is 1. The van der Waals surface area contributed by atoms with Gasteiger partial charge in [0, 0.05) is 24.0 Å². The lowest BCUT2D eigenvalue weighted by molar-refractivity contribution is 0.0941. The van der Waals surface area contributed by atoms with E-state index in [1.165, 1.54) is 6.33 Å². The molecule has 2 N–H and O–H groups in total. The molecule has 1 aromatic heterocycles. The second-order valence-corrected chi connectivity index (χ2v) is 4.63. The fourth-order valence-electron chi connectivity index (χ4n) is 2.22. The molecule has 0 aliphatic carbocycles. The van der Waals surface area contributed by atoms with Gasteiger partial charge in [-0.1, -0.05) is 6.92 Å². The SMILES string of the molecule is CC1CNC(=O)c2ccc(Nc3ccncn3)cc21. The number of anilines is 2. The molecule has 0 radical (unpaired) electrons. The van der Waals surface area contributed by atoms with Crippen LogP contribution in [0.25, 0.3) is 0 Å². The third-order valence-electron chi connectivity index (χ3n) is 3.25. The Kier molecular flexibility index (Phi) is 2.87. The van der Waals surface area contributed by atoms with Crippen molar-refractivity contribution in [2.45, 2.75) is 12.8 Å². The number of carbonyl (C=O) groups is 1. The molecular formula is C14H14N4O. The zero-order valence-electron chi connectivity index (χ0n) is 10.6. The lowest BCUT2D eigenvalue weighted by Crippen LogP contribution is -2.33. The van der Waals surface area contributed by atoms with Crippen molar-refractivity contribution in [3.8, 4) is 0 Å². The summed E-state index contributed by atoms with van der Waals surface area (Å²) in [6.45, 7) is 2.79. The van der Waals surface area contributed by atoms with Crippen LogP contribution < -0.4 is 10.6 Å². The van der Waals surface area contributed by atoms with Crippen LogP contribution in [0.5, 0.6) is 0 Å². The molecule has 2 heterocycles. The van der Waals surface area contributed by atoms with Gasteiger partial charge >= 0.3 is 0 Å². The maximum Gasteiger partial charge on any atom is 0.251 e. The van der Waals surface area contributed by atoms with Crippen LogP contribution in [0.4, 0.5) is 11.5 Å². The highest BCUT2D eigenvalue weighted by atomic mass is 16.1. The molecule has 5 heteroatoms. The Balaban J connectivity index is 1.93. The zero-order chi connectivity index (χ0) is 13.2. The third kappa shape index (κ3) is 2.27. The molecule has 1 atom stereocenters. The smallest absolute Gasteiger partial charge is 0.251 e. The van der Waals surface area contributed by atoms with Crippen molar-refractivity contribution in [3.63, 3.8) is 0 Å².